The summed E-state index contributed by atoms with van der Waals surface area (Å²) in [4.78, 5) is 0. The van der Waals surface area contributed by atoms with Crippen LogP contribution in [-0.2, 0) is 0 Å². The van der Waals surface area contributed by atoms with E-state index in [0.717, 1.165) is 25.0 Å². The summed E-state index contributed by atoms with van der Waals surface area (Å²) in [7, 11) is 0. The molecule has 0 heterocycles. The molecule has 15 heavy (non-hydrogen) atoms. The lowest BCUT2D eigenvalue weighted by Crippen LogP contribution is -2.43. The number of hydrogen-bond acceptors (Lipinski definition) is 2. The fraction of sp³-hybridized carbons (Fsp3) is 1.00. The predicted molar refractivity (Wildman–Crippen MR) is 66.8 cm³/mol. The monoisotopic (exact) mass is 212 g/mol. The molecule has 0 saturated heterocycles. The van der Waals surface area contributed by atoms with E-state index in [0.29, 0.717) is 11.3 Å². The van der Waals surface area contributed by atoms with Gasteiger partial charge in [0.05, 0.1) is 0 Å². The van der Waals surface area contributed by atoms with E-state index < -0.39 is 0 Å². The normalized spacial score (nSPS) is 28.6. The maximum Gasteiger partial charge on any atom is 0.00722 e. The second-order valence-electron chi connectivity index (χ2n) is 6.55. The van der Waals surface area contributed by atoms with Crippen molar-refractivity contribution in [1.82, 2.24) is 5.32 Å². The van der Waals surface area contributed by atoms with Crippen molar-refractivity contribution in [3.63, 3.8) is 0 Å². The molecule has 1 aliphatic carbocycles. The zero-order chi connectivity index (χ0) is 11.5. The van der Waals surface area contributed by atoms with Gasteiger partial charge in [-0.25, -0.2) is 0 Å². The Kier molecular flexibility index (Phi) is 4.60. The summed E-state index contributed by atoms with van der Waals surface area (Å²) in [6.07, 6.45) is 3.93. The average Bonchev–Trinajstić information content (AvgIpc) is 2.06. The first-order valence-corrected chi connectivity index (χ1v) is 6.34. The highest BCUT2D eigenvalue weighted by Gasteiger charge is 2.26. The minimum absolute atomic E-state index is 0.401. The van der Waals surface area contributed by atoms with Crippen molar-refractivity contribution < 1.29 is 0 Å². The zero-order valence-corrected chi connectivity index (χ0v) is 10.8. The Morgan fingerprint density at radius 2 is 1.93 bits per heavy atom. The molecule has 0 spiro atoms. The second kappa shape index (κ2) is 5.31. The molecule has 0 aliphatic heterocycles. The quantitative estimate of drug-likeness (QED) is 0.734. The highest BCUT2D eigenvalue weighted by atomic mass is 14.9. The van der Waals surface area contributed by atoms with E-state index in [9.17, 15) is 0 Å². The first-order chi connectivity index (χ1) is 6.90. The maximum absolute atomic E-state index is 5.81. The third kappa shape index (κ3) is 4.98. The molecule has 0 bridgehead atoms. The lowest BCUT2D eigenvalue weighted by Gasteiger charge is -2.35. The lowest BCUT2D eigenvalue weighted by molar-refractivity contribution is 0.216. The van der Waals surface area contributed by atoms with E-state index in [2.05, 4.69) is 33.0 Å². The molecule has 1 unspecified atom stereocenters. The molecule has 0 radical (unpaired) electrons. The molecule has 0 aromatic heterocycles. The second-order valence-corrected chi connectivity index (χ2v) is 6.55. The molecule has 2 nitrogen and oxygen atoms in total. The van der Waals surface area contributed by atoms with E-state index in [4.69, 9.17) is 5.73 Å². The number of rotatable bonds is 5. The molecule has 1 rings (SSSR count). The van der Waals surface area contributed by atoms with E-state index >= 15 is 0 Å². The Bertz CT molecular complexity index is 177. The van der Waals surface area contributed by atoms with Crippen molar-refractivity contribution in [2.45, 2.75) is 53.0 Å². The van der Waals surface area contributed by atoms with Crippen molar-refractivity contribution in [2.75, 3.05) is 13.1 Å². The summed E-state index contributed by atoms with van der Waals surface area (Å²) >= 11 is 0. The minimum Gasteiger partial charge on any atom is -0.330 e. The van der Waals surface area contributed by atoms with Gasteiger partial charge in [-0.15, -0.1) is 0 Å². The van der Waals surface area contributed by atoms with Gasteiger partial charge < -0.3 is 11.1 Å². The Balaban J connectivity index is 2.16. The smallest absolute Gasteiger partial charge is 0.00722 e. The van der Waals surface area contributed by atoms with Crippen LogP contribution in [0.5, 0.6) is 0 Å². The van der Waals surface area contributed by atoms with Crippen LogP contribution in [0, 0.1) is 17.3 Å². The Morgan fingerprint density at radius 1 is 1.33 bits per heavy atom. The van der Waals surface area contributed by atoms with E-state index in [1.54, 1.807) is 0 Å². The third-order valence-electron chi connectivity index (χ3n) is 3.30. The fourth-order valence-electron chi connectivity index (χ4n) is 2.51. The van der Waals surface area contributed by atoms with Gasteiger partial charge in [0.1, 0.15) is 0 Å². The Labute approximate surface area is 95.0 Å². The lowest BCUT2D eigenvalue weighted by atomic mass is 9.80. The summed E-state index contributed by atoms with van der Waals surface area (Å²) < 4.78 is 0. The molecule has 0 aromatic rings. The van der Waals surface area contributed by atoms with Gasteiger partial charge >= 0.3 is 0 Å². The minimum atomic E-state index is 0.401. The van der Waals surface area contributed by atoms with Crippen LogP contribution in [0.3, 0.4) is 0 Å². The van der Waals surface area contributed by atoms with Gasteiger partial charge in [-0.1, -0.05) is 27.7 Å². The zero-order valence-electron chi connectivity index (χ0n) is 10.8. The molecule has 1 saturated carbocycles. The fourth-order valence-corrected chi connectivity index (χ4v) is 2.51. The van der Waals surface area contributed by atoms with Gasteiger partial charge in [-0.2, -0.15) is 0 Å². The van der Waals surface area contributed by atoms with Crippen LogP contribution in [0.15, 0.2) is 0 Å². The molecule has 0 amide bonds. The summed E-state index contributed by atoms with van der Waals surface area (Å²) in [6, 6.07) is 0.772. The Hall–Kier alpha value is -0.0800. The van der Waals surface area contributed by atoms with Crippen LogP contribution in [0.25, 0.3) is 0 Å². The van der Waals surface area contributed by atoms with Crippen LogP contribution in [-0.4, -0.2) is 19.1 Å². The maximum atomic E-state index is 5.81. The van der Waals surface area contributed by atoms with E-state index in [1.807, 2.05) is 0 Å². The predicted octanol–water partition coefficient (Wildman–Crippen LogP) is 2.39. The molecule has 90 valence electrons. The highest BCUT2D eigenvalue weighted by Crippen LogP contribution is 2.27. The van der Waals surface area contributed by atoms with Crippen LogP contribution >= 0.6 is 0 Å². The SMILES string of the molecule is CC1CC(NCC(CN)CC(C)(C)C)C1. The van der Waals surface area contributed by atoms with Gasteiger partial charge in [-0.3, -0.25) is 0 Å². The highest BCUT2D eigenvalue weighted by molar-refractivity contribution is 4.83. The molecular formula is C13H28N2. The van der Waals surface area contributed by atoms with E-state index in [1.165, 1.54) is 19.3 Å². The summed E-state index contributed by atoms with van der Waals surface area (Å²) in [5.41, 5.74) is 6.21. The van der Waals surface area contributed by atoms with Crippen LogP contribution in [0.4, 0.5) is 0 Å². The van der Waals surface area contributed by atoms with Crippen LogP contribution in [0.2, 0.25) is 0 Å². The molecule has 2 heteroatoms. The summed E-state index contributed by atoms with van der Waals surface area (Å²) in [5.74, 6) is 1.57. The molecule has 1 fully saturated rings. The summed E-state index contributed by atoms with van der Waals surface area (Å²) in [6.45, 7) is 11.1. The van der Waals surface area contributed by atoms with Crippen molar-refractivity contribution in [3.05, 3.63) is 0 Å². The number of nitrogens with one attached hydrogen (secondary N) is 1. The van der Waals surface area contributed by atoms with Gasteiger partial charge in [0, 0.05) is 6.04 Å². The summed E-state index contributed by atoms with van der Waals surface area (Å²) in [5, 5.41) is 3.64. The standard InChI is InChI=1S/C13H28N2/c1-10-5-12(6-10)15-9-11(8-14)7-13(2,3)4/h10-12,15H,5-9,14H2,1-4H3. The van der Waals surface area contributed by atoms with Crippen molar-refractivity contribution in [3.8, 4) is 0 Å². The first-order valence-electron chi connectivity index (χ1n) is 6.34. The number of hydrogen-bond donors (Lipinski definition) is 2. The largest absolute Gasteiger partial charge is 0.330 e. The molecule has 0 aromatic carbocycles. The molecule has 3 N–H and O–H groups in total. The van der Waals surface area contributed by atoms with Crippen LogP contribution in [0.1, 0.15) is 47.0 Å². The van der Waals surface area contributed by atoms with Gasteiger partial charge in [0.25, 0.3) is 0 Å². The number of nitrogens with two attached hydrogens (primary N) is 1. The van der Waals surface area contributed by atoms with Crippen molar-refractivity contribution in [2.24, 2.45) is 23.0 Å². The molecular weight excluding hydrogens is 184 g/mol. The van der Waals surface area contributed by atoms with Gasteiger partial charge in [0.2, 0.25) is 0 Å². The topological polar surface area (TPSA) is 38.0 Å². The van der Waals surface area contributed by atoms with Crippen molar-refractivity contribution in [1.29, 1.82) is 0 Å². The van der Waals surface area contributed by atoms with Gasteiger partial charge in [-0.05, 0) is 49.6 Å². The van der Waals surface area contributed by atoms with E-state index in [-0.39, 0.29) is 0 Å². The average molecular weight is 212 g/mol. The molecule has 1 aliphatic rings. The Morgan fingerprint density at radius 3 is 2.33 bits per heavy atom. The van der Waals surface area contributed by atoms with Crippen LogP contribution < -0.4 is 11.1 Å². The van der Waals surface area contributed by atoms with Crippen molar-refractivity contribution >= 4 is 0 Å². The first kappa shape index (κ1) is 13.0. The van der Waals surface area contributed by atoms with Gasteiger partial charge in [0.15, 0.2) is 0 Å². The molecule has 1 atom stereocenters. The third-order valence-corrected chi connectivity index (χ3v) is 3.30.